The van der Waals surface area contributed by atoms with Crippen LogP contribution in [0.5, 0.6) is 5.75 Å². The molecule has 0 radical (unpaired) electrons. The van der Waals surface area contributed by atoms with Crippen LogP contribution in [0.4, 0.5) is 5.82 Å². The molecule has 0 unspecified atom stereocenters. The fraction of sp³-hybridized carbons (Fsp3) is 0.375. The second-order valence-corrected chi connectivity index (χ2v) is 8.16. The Kier molecular flexibility index (Phi) is 6.70. The number of nitrogens with zero attached hydrogens (tertiary/aromatic N) is 4. The maximum atomic E-state index is 12.7. The summed E-state index contributed by atoms with van der Waals surface area (Å²) in [5.41, 5.74) is 9.66. The number of amides is 1. The maximum absolute atomic E-state index is 12.7. The fourth-order valence-electron chi connectivity index (χ4n) is 4.20. The number of anilines is 1. The predicted molar refractivity (Wildman–Crippen MR) is 123 cm³/mol. The van der Waals surface area contributed by atoms with Gasteiger partial charge >= 0.3 is 0 Å². The lowest BCUT2D eigenvalue weighted by Crippen LogP contribution is -2.33. The summed E-state index contributed by atoms with van der Waals surface area (Å²) in [6.45, 7) is 3.26. The Hall–Kier alpha value is -3.39. The molecular formula is C24H30N6O2. The lowest BCUT2D eigenvalue weighted by atomic mass is 9.92. The van der Waals surface area contributed by atoms with Gasteiger partial charge in [0, 0.05) is 43.5 Å². The van der Waals surface area contributed by atoms with Crippen molar-refractivity contribution in [2.24, 2.45) is 7.05 Å². The first-order valence-corrected chi connectivity index (χ1v) is 10.9. The number of ether oxygens (including phenoxy) is 1. The number of nitrogens with two attached hydrogens (primary N) is 1. The van der Waals surface area contributed by atoms with Gasteiger partial charge in [0.15, 0.2) is 0 Å². The summed E-state index contributed by atoms with van der Waals surface area (Å²) in [6.07, 6.45) is 3.87. The number of hydrogen-bond donors (Lipinski definition) is 2. The Morgan fingerprint density at radius 3 is 2.66 bits per heavy atom. The van der Waals surface area contributed by atoms with E-state index in [4.69, 9.17) is 10.5 Å². The maximum Gasteiger partial charge on any atom is 0.255 e. The molecular weight excluding hydrogens is 404 g/mol. The smallest absolute Gasteiger partial charge is 0.255 e. The molecule has 8 nitrogen and oxygen atoms in total. The van der Waals surface area contributed by atoms with Gasteiger partial charge < -0.3 is 15.8 Å². The highest BCUT2D eigenvalue weighted by Gasteiger charge is 2.23. The highest BCUT2D eigenvalue weighted by Crippen LogP contribution is 2.28. The molecule has 3 heterocycles. The number of pyridine rings is 1. The number of hydrogen-bond acceptors (Lipinski definition) is 6. The minimum atomic E-state index is -0.238. The van der Waals surface area contributed by atoms with E-state index >= 15 is 0 Å². The third-order valence-corrected chi connectivity index (χ3v) is 6.14. The number of piperidine rings is 1. The molecule has 0 saturated carbocycles. The number of aryl methyl sites for hydroxylation is 1. The minimum absolute atomic E-state index is 0.238. The first kappa shape index (κ1) is 21.8. The van der Waals surface area contributed by atoms with Crippen LogP contribution in [0.2, 0.25) is 0 Å². The van der Waals surface area contributed by atoms with Gasteiger partial charge in [0.2, 0.25) is 0 Å². The number of aromatic nitrogens is 3. The summed E-state index contributed by atoms with van der Waals surface area (Å²) in [4.78, 5) is 19.7. The molecule has 0 spiro atoms. The normalized spacial score (nSPS) is 14.9. The van der Waals surface area contributed by atoms with Gasteiger partial charge in [-0.15, -0.1) is 0 Å². The van der Waals surface area contributed by atoms with Gasteiger partial charge in [-0.2, -0.15) is 5.10 Å². The van der Waals surface area contributed by atoms with Gasteiger partial charge in [-0.1, -0.05) is 18.2 Å². The van der Waals surface area contributed by atoms with Crippen molar-refractivity contribution in [2.75, 3.05) is 25.9 Å². The molecule has 1 saturated heterocycles. The summed E-state index contributed by atoms with van der Waals surface area (Å²) in [6, 6.07) is 13.4. The van der Waals surface area contributed by atoms with Crippen LogP contribution in [-0.2, 0) is 20.1 Å². The largest absolute Gasteiger partial charge is 0.496 e. The number of likely N-dealkylation sites (tertiary alicyclic amines) is 1. The molecule has 4 rings (SSSR count). The molecule has 3 aromatic rings. The number of carbonyl (C=O) groups excluding carboxylic acids is 1. The Balaban J connectivity index is 1.34. The zero-order chi connectivity index (χ0) is 22.5. The summed E-state index contributed by atoms with van der Waals surface area (Å²) in [7, 11) is 3.59. The lowest BCUT2D eigenvalue weighted by molar-refractivity contribution is 0.0951. The molecule has 8 heteroatoms. The topological polar surface area (TPSA) is 98.3 Å². The van der Waals surface area contributed by atoms with E-state index in [0.717, 1.165) is 49.5 Å². The highest BCUT2D eigenvalue weighted by molar-refractivity contribution is 5.98. The van der Waals surface area contributed by atoms with Crippen LogP contribution in [0.1, 0.15) is 46.1 Å². The number of carbonyl (C=O) groups is 1. The van der Waals surface area contributed by atoms with Gasteiger partial charge in [0.25, 0.3) is 5.91 Å². The van der Waals surface area contributed by atoms with E-state index in [2.05, 4.69) is 26.4 Å². The van der Waals surface area contributed by atoms with Crippen molar-refractivity contribution < 1.29 is 9.53 Å². The molecule has 0 bridgehead atoms. The first-order chi connectivity index (χ1) is 15.5. The third kappa shape index (κ3) is 4.91. The average Bonchev–Trinajstić information content (AvgIpc) is 3.22. The molecule has 168 valence electrons. The van der Waals surface area contributed by atoms with Crippen LogP contribution in [0.3, 0.4) is 0 Å². The summed E-state index contributed by atoms with van der Waals surface area (Å²) in [5, 5.41) is 7.15. The van der Waals surface area contributed by atoms with Crippen molar-refractivity contribution in [3.05, 3.63) is 71.2 Å². The number of nitrogens with one attached hydrogen (secondary N) is 1. The third-order valence-electron chi connectivity index (χ3n) is 6.14. The number of methoxy groups -OCH3 is 1. The summed E-state index contributed by atoms with van der Waals surface area (Å²) >= 11 is 0. The molecule has 3 N–H and O–H groups in total. The Morgan fingerprint density at radius 1 is 1.19 bits per heavy atom. The van der Waals surface area contributed by atoms with Crippen LogP contribution >= 0.6 is 0 Å². The Labute approximate surface area is 188 Å². The van der Waals surface area contributed by atoms with Crippen molar-refractivity contribution in [1.29, 1.82) is 0 Å². The monoisotopic (exact) mass is 434 g/mol. The van der Waals surface area contributed by atoms with Crippen molar-refractivity contribution in [2.45, 2.75) is 31.8 Å². The van der Waals surface area contributed by atoms with E-state index in [-0.39, 0.29) is 11.7 Å². The summed E-state index contributed by atoms with van der Waals surface area (Å²) in [5.74, 6) is 1.13. The van der Waals surface area contributed by atoms with E-state index in [1.54, 1.807) is 13.2 Å². The van der Waals surface area contributed by atoms with E-state index in [0.29, 0.717) is 18.0 Å². The zero-order valence-corrected chi connectivity index (χ0v) is 18.6. The number of rotatable bonds is 7. The Bertz CT molecular complexity index is 1070. The molecule has 0 aliphatic carbocycles. The van der Waals surface area contributed by atoms with Gasteiger partial charge in [0.05, 0.1) is 18.4 Å². The van der Waals surface area contributed by atoms with Crippen molar-refractivity contribution >= 4 is 11.7 Å². The number of nitrogen functional groups attached to an aromatic ring is 1. The van der Waals surface area contributed by atoms with E-state index in [1.165, 1.54) is 5.69 Å². The van der Waals surface area contributed by atoms with E-state index in [9.17, 15) is 4.79 Å². The standard InChI is InChI=1S/C24H30N6O2/c1-29-19(9-12-27-29)16-30-13-10-17(11-14-30)21-8-7-20(23(25)28-21)24(31)26-15-18-5-3-4-6-22(18)32-2/h3-9,12,17H,10-11,13-16H2,1-2H3,(H2,25,28)(H,26,31). The lowest BCUT2D eigenvalue weighted by Gasteiger charge is -2.31. The molecule has 2 aromatic heterocycles. The van der Waals surface area contributed by atoms with Gasteiger partial charge in [-0.3, -0.25) is 14.4 Å². The second kappa shape index (κ2) is 9.82. The molecule has 1 aliphatic rings. The van der Waals surface area contributed by atoms with Crippen molar-refractivity contribution in [3.63, 3.8) is 0 Å². The van der Waals surface area contributed by atoms with Crippen molar-refractivity contribution in [3.8, 4) is 5.75 Å². The van der Waals surface area contributed by atoms with Crippen molar-refractivity contribution in [1.82, 2.24) is 25.0 Å². The molecule has 1 fully saturated rings. The summed E-state index contributed by atoms with van der Waals surface area (Å²) < 4.78 is 7.26. The predicted octanol–water partition coefficient (Wildman–Crippen LogP) is 2.72. The van der Waals surface area contributed by atoms with Gasteiger partial charge in [-0.05, 0) is 50.2 Å². The second-order valence-electron chi connectivity index (χ2n) is 8.16. The quantitative estimate of drug-likeness (QED) is 0.593. The van der Waals surface area contributed by atoms with Crippen LogP contribution in [-0.4, -0.2) is 45.8 Å². The molecule has 1 aromatic carbocycles. The first-order valence-electron chi connectivity index (χ1n) is 10.9. The van der Waals surface area contributed by atoms with Crippen LogP contribution in [0.15, 0.2) is 48.7 Å². The molecule has 0 atom stereocenters. The molecule has 1 amide bonds. The fourth-order valence-corrected chi connectivity index (χ4v) is 4.20. The van der Waals surface area contributed by atoms with Crippen LogP contribution < -0.4 is 15.8 Å². The van der Waals surface area contributed by atoms with Crippen LogP contribution in [0.25, 0.3) is 0 Å². The molecule has 32 heavy (non-hydrogen) atoms. The molecule has 1 aliphatic heterocycles. The highest BCUT2D eigenvalue weighted by atomic mass is 16.5. The zero-order valence-electron chi connectivity index (χ0n) is 18.6. The Morgan fingerprint density at radius 2 is 1.97 bits per heavy atom. The van der Waals surface area contributed by atoms with Gasteiger partial charge in [0.1, 0.15) is 11.6 Å². The average molecular weight is 435 g/mol. The van der Waals surface area contributed by atoms with E-state index in [1.807, 2.05) is 48.3 Å². The number of para-hydroxylation sites is 1. The minimum Gasteiger partial charge on any atom is -0.496 e. The number of benzene rings is 1. The van der Waals surface area contributed by atoms with Crippen LogP contribution in [0, 0.1) is 0 Å². The van der Waals surface area contributed by atoms with E-state index < -0.39 is 0 Å². The van der Waals surface area contributed by atoms with Gasteiger partial charge in [-0.25, -0.2) is 4.98 Å². The SMILES string of the molecule is COc1ccccc1CNC(=O)c1ccc(C2CCN(Cc3ccnn3C)CC2)nc1N.